The summed E-state index contributed by atoms with van der Waals surface area (Å²) in [6.07, 6.45) is 0. The molecule has 2 aromatic heterocycles. The molecule has 3 heterocycles. The van der Waals surface area contributed by atoms with Gasteiger partial charge in [0.15, 0.2) is 11.6 Å². The molecule has 0 aliphatic carbocycles. The van der Waals surface area contributed by atoms with Crippen LogP contribution in [-0.4, -0.2) is 20.5 Å². The molecule has 7 heteroatoms. The van der Waals surface area contributed by atoms with Crippen molar-refractivity contribution in [3.63, 3.8) is 0 Å². The molecule has 0 saturated carbocycles. The van der Waals surface area contributed by atoms with Crippen molar-refractivity contribution < 1.29 is 0 Å². The van der Waals surface area contributed by atoms with Gasteiger partial charge in [-0.25, -0.2) is 0 Å². The maximum absolute atomic E-state index is 6.40. The van der Waals surface area contributed by atoms with E-state index in [1.807, 2.05) is 28.8 Å². The number of aliphatic imine (C=N–C) groups is 1. The molecule has 0 radical (unpaired) electrons. The van der Waals surface area contributed by atoms with Crippen molar-refractivity contribution in [1.29, 1.82) is 0 Å². The second-order valence-corrected chi connectivity index (χ2v) is 6.93. The van der Waals surface area contributed by atoms with Crippen molar-refractivity contribution in [3.05, 3.63) is 63.0 Å². The summed E-state index contributed by atoms with van der Waals surface area (Å²) in [5.74, 6) is 1.55. The minimum Gasteiger partial charge on any atom is -0.324 e. The van der Waals surface area contributed by atoms with Crippen LogP contribution >= 0.6 is 22.9 Å². The zero-order valence-electron chi connectivity index (χ0n) is 12.5. The second-order valence-electron chi connectivity index (χ2n) is 5.29. The third kappa shape index (κ3) is 2.30. The maximum atomic E-state index is 6.40. The first-order chi connectivity index (χ1) is 11.2. The van der Waals surface area contributed by atoms with E-state index < -0.39 is 0 Å². The Morgan fingerprint density at radius 2 is 2.09 bits per heavy atom. The molecule has 1 aromatic carbocycles. The fourth-order valence-corrected chi connectivity index (χ4v) is 4.05. The molecule has 0 amide bonds. The average Bonchev–Trinajstić information content (AvgIpc) is 3.09. The molecule has 0 bridgehead atoms. The van der Waals surface area contributed by atoms with Gasteiger partial charge in [0, 0.05) is 21.0 Å². The van der Waals surface area contributed by atoms with Crippen molar-refractivity contribution in [2.45, 2.75) is 20.0 Å². The average molecular weight is 344 g/mol. The van der Waals surface area contributed by atoms with Crippen LogP contribution in [0.3, 0.4) is 0 Å². The smallest absolute Gasteiger partial charge is 0.160 e. The van der Waals surface area contributed by atoms with Crippen LogP contribution in [0.5, 0.6) is 0 Å². The number of halogens is 1. The van der Waals surface area contributed by atoms with Gasteiger partial charge in [-0.15, -0.1) is 21.5 Å². The third-order valence-corrected chi connectivity index (χ3v) is 5.15. The standard InChI is InChI=1S/C16H14ClN5S/c1-9-6-11-15(10-4-2-3-5-12(10)17)19-8-14-21-20-13(7-18)22(14)16(11)23-9/h2-6H,7-8,18H2,1H3. The molecule has 3 aromatic rings. The first-order valence-corrected chi connectivity index (χ1v) is 8.42. The molecule has 4 rings (SSSR count). The molecule has 0 atom stereocenters. The van der Waals surface area contributed by atoms with Gasteiger partial charge in [0.05, 0.1) is 12.3 Å². The summed E-state index contributed by atoms with van der Waals surface area (Å²) >= 11 is 8.08. The zero-order chi connectivity index (χ0) is 16.0. The normalized spacial score (nSPS) is 13.3. The Hall–Kier alpha value is -2.02. The van der Waals surface area contributed by atoms with Gasteiger partial charge in [0.2, 0.25) is 0 Å². The van der Waals surface area contributed by atoms with E-state index >= 15 is 0 Å². The molecule has 1 aliphatic rings. The predicted molar refractivity (Wildman–Crippen MR) is 92.7 cm³/mol. The number of rotatable bonds is 2. The van der Waals surface area contributed by atoms with Crippen LogP contribution in [0, 0.1) is 6.92 Å². The first-order valence-electron chi connectivity index (χ1n) is 7.23. The highest BCUT2D eigenvalue weighted by molar-refractivity contribution is 7.15. The van der Waals surface area contributed by atoms with Crippen LogP contribution in [0.25, 0.3) is 5.00 Å². The SMILES string of the molecule is Cc1cc2c(s1)-n1c(CN)nnc1CN=C2c1ccccc1Cl. The monoisotopic (exact) mass is 343 g/mol. The number of nitrogens with two attached hydrogens (primary N) is 1. The Morgan fingerprint density at radius 3 is 2.87 bits per heavy atom. The van der Waals surface area contributed by atoms with Crippen molar-refractivity contribution in [1.82, 2.24) is 14.8 Å². The Morgan fingerprint density at radius 1 is 1.26 bits per heavy atom. The number of benzene rings is 1. The van der Waals surface area contributed by atoms with Crippen LogP contribution in [-0.2, 0) is 13.1 Å². The van der Waals surface area contributed by atoms with E-state index in [1.54, 1.807) is 11.3 Å². The minimum atomic E-state index is 0.338. The summed E-state index contributed by atoms with van der Waals surface area (Å²) in [4.78, 5) is 5.97. The Balaban J connectivity index is 1.98. The van der Waals surface area contributed by atoms with Crippen LogP contribution in [0.1, 0.15) is 27.7 Å². The lowest BCUT2D eigenvalue weighted by molar-refractivity contribution is 0.837. The number of aromatic nitrogens is 3. The lowest BCUT2D eigenvalue weighted by Gasteiger charge is -2.09. The summed E-state index contributed by atoms with van der Waals surface area (Å²) in [6.45, 7) is 2.87. The van der Waals surface area contributed by atoms with E-state index in [1.165, 1.54) is 4.88 Å². The summed E-state index contributed by atoms with van der Waals surface area (Å²) in [6, 6.07) is 9.91. The number of nitrogens with zero attached hydrogens (tertiary/aromatic N) is 4. The number of thiophene rings is 1. The Bertz CT molecular complexity index is 924. The van der Waals surface area contributed by atoms with Crippen LogP contribution < -0.4 is 5.73 Å². The van der Waals surface area contributed by atoms with Gasteiger partial charge in [0.1, 0.15) is 11.5 Å². The topological polar surface area (TPSA) is 69.1 Å². The summed E-state index contributed by atoms with van der Waals surface area (Å²) in [5, 5.41) is 10.2. The van der Waals surface area contributed by atoms with Gasteiger partial charge < -0.3 is 5.73 Å². The third-order valence-electron chi connectivity index (χ3n) is 3.78. The van der Waals surface area contributed by atoms with E-state index in [4.69, 9.17) is 22.3 Å². The Kier molecular flexibility index (Phi) is 3.52. The van der Waals surface area contributed by atoms with Gasteiger partial charge in [-0.3, -0.25) is 9.56 Å². The van der Waals surface area contributed by atoms with Gasteiger partial charge >= 0.3 is 0 Å². The first kappa shape index (κ1) is 14.6. The number of fused-ring (bicyclic) bond motifs is 3. The molecule has 0 spiro atoms. The summed E-state index contributed by atoms with van der Waals surface area (Å²) in [5.41, 5.74) is 8.70. The van der Waals surface area contributed by atoms with E-state index in [2.05, 4.69) is 23.2 Å². The number of aryl methyl sites for hydroxylation is 1. The van der Waals surface area contributed by atoms with E-state index in [0.29, 0.717) is 18.1 Å². The molecule has 0 fully saturated rings. The molecular weight excluding hydrogens is 330 g/mol. The van der Waals surface area contributed by atoms with Crippen molar-refractivity contribution in [2.75, 3.05) is 0 Å². The zero-order valence-corrected chi connectivity index (χ0v) is 14.0. The van der Waals surface area contributed by atoms with E-state index in [-0.39, 0.29) is 0 Å². The molecule has 5 nitrogen and oxygen atoms in total. The van der Waals surface area contributed by atoms with Crippen LogP contribution in [0.15, 0.2) is 35.3 Å². The minimum absolute atomic E-state index is 0.338. The summed E-state index contributed by atoms with van der Waals surface area (Å²) < 4.78 is 2.03. The van der Waals surface area contributed by atoms with Crippen LogP contribution in [0.4, 0.5) is 0 Å². The largest absolute Gasteiger partial charge is 0.324 e. The lowest BCUT2D eigenvalue weighted by Crippen LogP contribution is -2.09. The van der Waals surface area contributed by atoms with Gasteiger partial charge in [-0.05, 0) is 19.1 Å². The lowest BCUT2D eigenvalue weighted by atomic mass is 10.0. The van der Waals surface area contributed by atoms with Crippen molar-refractivity contribution in [2.24, 2.45) is 10.7 Å². The summed E-state index contributed by atoms with van der Waals surface area (Å²) in [7, 11) is 0. The maximum Gasteiger partial charge on any atom is 0.160 e. The fourth-order valence-electron chi connectivity index (χ4n) is 2.78. The highest BCUT2D eigenvalue weighted by atomic mass is 35.5. The van der Waals surface area contributed by atoms with Crippen LogP contribution in [0.2, 0.25) is 5.02 Å². The van der Waals surface area contributed by atoms with Crippen molar-refractivity contribution in [3.8, 4) is 5.00 Å². The highest BCUT2D eigenvalue weighted by Crippen LogP contribution is 2.33. The molecule has 2 N–H and O–H groups in total. The number of hydrogen-bond donors (Lipinski definition) is 1. The second kappa shape index (κ2) is 5.56. The highest BCUT2D eigenvalue weighted by Gasteiger charge is 2.25. The van der Waals surface area contributed by atoms with Crippen molar-refractivity contribution >= 4 is 28.6 Å². The molecule has 1 aliphatic heterocycles. The Labute approximate surface area is 142 Å². The molecule has 0 unspecified atom stereocenters. The van der Waals surface area contributed by atoms with E-state index in [9.17, 15) is 0 Å². The number of hydrogen-bond acceptors (Lipinski definition) is 5. The quantitative estimate of drug-likeness (QED) is 0.777. The molecule has 116 valence electrons. The molecule has 23 heavy (non-hydrogen) atoms. The predicted octanol–water partition coefficient (Wildman–Crippen LogP) is 3.10. The van der Waals surface area contributed by atoms with Gasteiger partial charge in [0.25, 0.3) is 0 Å². The van der Waals surface area contributed by atoms with E-state index in [0.717, 1.165) is 33.5 Å². The molecule has 0 saturated heterocycles. The molecular formula is C16H14ClN5S. The fraction of sp³-hybridized carbons (Fsp3) is 0.188. The van der Waals surface area contributed by atoms with Gasteiger partial charge in [-0.2, -0.15) is 0 Å². The van der Waals surface area contributed by atoms with Gasteiger partial charge in [-0.1, -0.05) is 29.8 Å².